The molecule has 1 heterocycles. The average molecular weight is 313 g/mol. The summed E-state index contributed by atoms with van der Waals surface area (Å²) in [4.78, 5) is 7.04. The summed E-state index contributed by atoms with van der Waals surface area (Å²) in [5.74, 6) is 0. The highest BCUT2D eigenvalue weighted by Gasteiger charge is 2.10. The molecule has 0 spiro atoms. The van der Waals surface area contributed by atoms with Gasteiger partial charge < -0.3 is 10.2 Å². The van der Waals surface area contributed by atoms with Crippen molar-refractivity contribution >= 4 is 16.6 Å². The Balaban J connectivity index is 2.06. The van der Waals surface area contributed by atoms with Crippen molar-refractivity contribution in [3.63, 3.8) is 0 Å². The lowest BCUT2D eigenvalue weighted by molar-refractivity contribution is 0.295. The number of nitrogens with zero attached hydrogens (tertiary/aromatic N) is 2. The molecule has 0 radical (unpaired) electrons. The van der Waals surface area contributed by atoms with Gasteiger partial charge in [-0.15, -0.1) is 0 Å². The predicted molar refractivity (Wildman–Crippen MR) is 101 cm³/mol. The van der Waals surface area contributed by atoms with Gasteiger partial charge in [-0.25, -0.2) is 0 Å². The topological polar surface area (TPSA) is 28.2 Å². The van der Waals surface area contributed by atoms with E-state index in [-0.39, 0.29) is 0 Å². The van der Waals surface area contributed by atoms with E-state index in [0.717, 1.165) is 18.6 Å². The lowest BCUT2D eigenvalue weighted by Crippen LogP contribution is -2.25. The van der Waals surface area contributed by atoms with Crippen molar-refractivity contribution in [2.24, 2.45) is 0 Å². The van der Waals surface area contributed by atoms with Crippen molar-refractivity contribution in [2.75, 3.05) is 25.0 Å². The Morgan fingerprint density at radius 1 is 1.17 bits per heavy atom. The Labute approximate surface area is 141 Å². The molecule has 23 heavy (non-hydrogen) atoms. The van der Waals surface area contributed by atoms with E-state index in [0.29, 0.717) is 6.04 Å². The number of nitrogens with one attached hydrogen (secondary N) is 1. The summed E-state index contributed by atoms with van der Waals surface area (Å²) in [6.45, 7) is 14.5. The first-order chi connectivity index (χ1) is 11.0. The molecule has 1 atom stereocenters. The maximum atomic E-state index is 4.55. The minimum Gasteiger partial charge on any atom is -0.382 e. The van der Waals surface area contributed by atoms with Gasteiger partial charge in [0.05, 0.1) is 5.52 Å². The highest BCUT2D eigenvalue weighted by Crippen LogP contribution is 2.27. The number of aromatic nitrogens is 1. The maximum Gasteiger partial charge on any atom is 0.0723 e. The summed E-state index contributed by atoms with van der Waals surface area (Å²) in [5, 5.41) is 4.97. The van der Waals surface area contributed by atoms with Gasteiger partial charge in [-0.1, -0.05) is 25.5 Å². The van der Waals surface area contributed by atoms with Crippen molar-refractivity contribution in [1.29, 1.82) is 0 Å². The van der Waals surface area contributed by atoms with Crippen LogP contribution in [0.15, 0.2) is 24.4 Å². The minimum absolute atomic E-state index is 0.468. The van der Waals surface area contributed by atoms with Gasteiger partial charge in [0.15, 0.2) is 0 Å². The lowest BCUT2D eigenvalue weighted by Gasteiger charge is -2.21. The molecule has 0 aliphatic carbocycles. The van der Waals surface area contributed by atoms with Gasteiger partial charge in [-0.05, 0) is 70.9 Å². The van der Waals surface area contributed by atoms with Crippen LogP contribution in [0.3, 0.4) is 0 Å². The van der Waals surface area contributed by atoms with Crippen molar-refractivity contribution in [1.82, 2.24) is 9.88 Å². The first kappa shape index (κ1) is 17.7. The van der Waals surface area contributed by atoms with Crippen LogP contribution < -0.4 is 5.32 Å². The molecule has 0 amide bonds. The van der Waals surface area contributed by atoms with Crippen LogP contribution in [0.5, 0.6) is 0 Å². The predicted octanol–water partition coefficient (Wildman–Crippen LogP) is 4.77. The Hall–Kier alpha value is -1.61. The molecule has 0 fully saturated rings. The smallest absolute Gasteiger partial charge is 0.0723 e. The normalized spacial score (nSPS) is 12.8. The molecule has 2 aromatic rings. The van der Waals surface area contributed by atoms with E-state index < -0.39 is 0 Å². The van der Waals surface area contributed by atoms with E-state index in [1.54, 1.807) is 0 Å². The summed E-state index contributed by atoms with van der Waals surface area (Å²) < 4.78 is 0. The van der Waals surface area contributed by atoms with Gasteiger partial charge >= 0.3 is 0 Å². The fourth-order valence-corrected chi connectivity index (χ4v) is 3.08. The highest BCUT2D eigenvalue weighted by atomic mass is 15.1. The molecular weight excluding hydrogens is 282 g/mol. The zero-order valence-corrected chi connectivity index (χ0v) is 15.3. The fraction of sp³-hybridized carbons (Fsp3) is 0.550. The first-order valence-corrected chi connectivity index (χ1v) is 8.90. The molecule has 0 bridgehead atoms. The van der Waals surface area contributed by atoms with Crippen molar-refractivity contribution in [3.8, 4) is 0 Å². The summed E-state index contributed by atoms with van der Waals surface area (Å²) >= 11 is 0. The van der Waals surface area contributed by atoms with E-state index in [4.69, 9.17) is 0 Å². The van der Waals surface area contributed by atoms with Crippen molar-refractivity contribution in [2.45, 2.75) is 53.5 Å². The summed E-state index contributed by atoms with van der Waals surface area (Å²) in [6.07, 6.45) is 4.39. The fourth-order valence-electron chi connectivity index (χ4n) is 3.08. The Bertz CT molecular complexity index is 627. The number of hydrogen-bond donors (Lipinski definition) is 1. The second kappa shape index (κ2) is 8.30. The SMILES string of the molecule is CCN(CC)CCC[C@H](C)Nc1c(C)cnc2ccc(C)cc12. The molecule has 1 aromatic carbocycles. The average Bonchev–Trinajstić information content (AvgIpc) is 2.54. The van der Waals surface area contributed by atoms with E-state index >= 15 is 0 Å². The zero-order valence-electron chi connectivity index (χ0n) is 15.3. The Morgan fingerprint density at radius 3 is 2.61 bits per heavy atom. The Kier molecular flexibility index (Phi) is 6.40. The minimum atomic E-state index is 0.468. The van der Waals surface area contributed by atoms with Crippen LogP contribution in [0, 0.1) is 13.8 Å². The number of aryl methyl sites for hydroxylation is 2. The molecule has 2 rings (SSSR count). The van der Waals surface area contributed by atoms with E-state index in [1.165, 1.54) is 41.6 Å². The molecule has 126 valence electrons. The third kappa shape index (κ3) is 4.68. The number of pyridine rings is 1. The maximum absolute atomic E-state index is 4.55. The quantitative estimate of drug-likeness (QED) is 0.760. The molecule has 0 unspecified atom stereocenters. The summed E-state index contributed by atoms with van der Waals surface area (Å²) in [7, 11) is 0. The standard InChI is InChI=1S/C20H31N3/c1-6-23(7-2)12-8-9-17(5)22-20-16(4)14-21-19-11-10-15(3)13-18(19)20/h10-11,13-14,17H,6-9,12H2,1-5H3,(H,21,22)/t17-/m0/s1. The molecule has 0 aliphatic rings. The largest absolute Gasteiger partial charge is 0.382 e. The first-order valence-electron chi connectivity index (χ1n) is 8.90. The number of benzene rings is 1. The molecule has 3 heteroatoms. The van der Waals surface area contributed by atoms with Crippen LogP contribution in [-0.4, -0.2) is 35.6 Å². The van der Waals surface area contributed by atoms with Gasteiger partial charge in [0.2, 0.25) is 0 Å². The third-order valence-corrected chi connectivity index (χ3v) is 4.61. The van der Waals surface area contributed by atoms with Crippen LogP contribution in [0.1, 0.15) is 44.7 Å². The van der Waals surface area contributed by atoms with Gasteiger partial charge in [0.1, 0.15) is 0 Å². The molecule has 3 nitrogen and oxygen atoms in total. The number of fused-ring (bicyclic) bond motifs is 1. The van der Waals surface area contributed by atoms with Crippen molar-refractivity contribution < 1.29 is 0 Å². The van der Waals surface area contributed by atoms with Gasteiger partial charge in [0, 0.05) is 23.3 Å². The summed E-state index contributed by atoms with van der Waals surface area (Å²) in [6, 6.07) is 6.94. The molecule has 1 N–H and O–H groups in total. The molecule has 1 aromatic heterocycles. The van der Waals surface area contributed by atoms with E-state index in [2.05, 4.69) is 68.0 Å². The van der Waals surface area contributed by atoms with Gasteiger partial charge in [-0.2, -0.15) is 0 Å². The molecule has 0 saturated carbocycles. The highest BCUT2D eigenvalue weighted by molar-refractivity contribution is 5.93. The van der Waals surface area contributed by atoms with Crippen LogP contribution in [-0.2, 0) is 0 Å². The monoisotopic (exact) mass is 313 g/mol. The number of anilines is 1. The van der Waals surface area contributed by atoms with Crippen LogP contribution >= 0.6 is 0 Å². The van der Waals surface area contributed by atoms with Gasteiger partial charge in [-0.3, -0.25) is 4.98 Å². The van der Waals surface area contributed by atoms with E-state index in [9.17, 15) is 0 Å². The number of rotatable bonds is 8. The second-order valence-corrected chi connectivity index (χ2v) is 6.55. The van der Waals surface area contributed by atoms with E-state index in [1.807, 2.05) is 6.20 Å². The van der Waals surface area contributed by atoms with Crippen molar-refractivity contribution in [3.05, 3.63) is 35.5 Å². The molecule has 0 saturated heterocycles. The molecular formula is C20H31N3. The van der Waals surface area contributed by atoms with Crippen LogP contribution in [0.4, 0.5) is 5.69 Å². The zero-order chi connectivity index (χ0) is 16.8. The van der Waals surface area contributed by atoms with Gasteiger partial charge in [0.25, 0.3) is 0 Å². The number of hydrogen-bond acceptors (Lipinski definition) is 3. The molecule has 0 aliphatic heterocycles. The Morgan fingerprint density at radius 2 is 1.91 bits per heavy atom. The van der Waals surface area contributed by atoms with Crippen LogP contribution in [0.2, 0.25) is 0 Å². The second-order valence-electron chi connectivity index (χ2n) is 6.55. The summed E-state index contributed by atoms with van der Waals surface area (Å²) in [5.41, 5.74) is 4.81. The third-order valence-electron chi connectivity index (χ3n) is 4.61. The van der Waals surface area contributed by atoms with Crippen LogP contribution in [0.25, 0.3) is 10.9 Å². The lowest BCUT2D eigenvalue weighted by atomic mass is 10.1.